The van der Waals surface area contributed by atoms with Crippen molar-refractivity contribution in [2.75, 3.05) is 42.6 Å². The van der Waals surface area contributed by atoms with Crippen molar-refractivity contribution in [3.05, 3.63) is 72.3 Å². The van der Waals surface area contributed by atoms with Crippen molar-refractivity contribution in [1.82, 2.24) is 0 Å². The maximum Gasteiger partial charge on any atom is 0.236 e. The Morgan fingerprint density at radius 1 is 0.967 bits per heavy atom. The molecule has 4 rings (SSSR count). The maximum atomic E-state index is 11.9. The zero-order valence-electron chi connectivity index (χ0n) is 17.9. The van der Waals surface area contributed by atoms with Gasteiger partial charge in [0.25, 0.3) is 0 Å². The highest BCUT2D eigenvalue weighted by Crippen LogP contribution is 2.38. The standard InChI is InChI=1S/C23H25N3O2.C2H6/c24-22(27)17-26(16-18-6-2-1-3-7-18)21-11-10-19-8-4-5-9-20(19)23(21)25-12-14-28-15-13-25;1-2/h1-11H,12-17H2,(H2,24,27);1-2H3. The quantitative estimate of drug-likeness (QED) is 0.668. The minimum atomic E-state index is -0.336. The molecule has 5 heteroatoms. The van der Waals surface area contributed by atoms with Gasteiger partial charge >= 0.3 is 0 Å². The molecule has 0 aliphatic carbocycles. The molecule has 0 saturated carbocycles. The van der Waals surface area contributed by atoms with Gasteiger partial charge in [0.2, 0.25) is 5.91 Å². The van der Waals surface area contributed by atoms with E-state index >= 15 is 0 Å². The summed E-state index contributed by atoms with van der Waals surface area (Å²) in [6.45, 7) is 7.87. The van der Waals surface area contributed by atoms with Gasteiger partial charge in [0.1, 0.15) is 0 Å². The molecule has 0 spiro atoms. The summed E-state index contributed by atoms with van der Waals surface area (Å²) in [6.07, 6.45) is 0. The molecule has 5 nitrogen and oxygen atoms in total. The zero-order valence-corrected chi connectivity index (χ0v) is 17.9. The van der Waals surface area contributed by atoms with E-state index in [1.165, 1.54) is 10.8 Å². The Morgan fingerprint density at radius 3 is 2.33 bits per heavy atom. The number of fused-ring (bicyclic) bond motifs is 1. The Labute approximate surface area is 179 Å². The first kappa shape index (κ1) is 21.7. The van der Waals surface area contributed by atoms with Gasteiger partial charge in [-0.3, -0.25) is 4.79 Å². The molecule has 0 bridgehead atoms. The third-order valence-corrected chi connectivity index (χ3v) is 5.11. The number of primary amides is 1. The second-order valence-electron chi connectivity index (χ2n) is 7.06. The van der Waals surface area contributed by atoms with Crippen LogP contribution in [-0.2, 0) is 16.1 Å². The van der Waals surface area contributed by atoms with Crippen LogP contribution in [0.5, 0.6) is 0 Å². The van der Waals surface area contributed by atoms with Crippen LogP contribution in [0.2, 0.25) is 0 Å². The molecule has 0 aromatic heterocycles. The number of ether oxygens (including phenoxy) is 1. The number of rotatable bonds is 6. The summed E-state index contributed by atoms with van der Waals surface area (Å²) in [5, 5.41) is 2.37. The van der Waals surface area contributed by atoms with E-state index in [2.05, 4.69) is 58.3 Å². The van der Waals surface area contributed by atoms with E-state index in [-0.39, 0.29) is 12.5 Å². The normalized spacial score (nSPS) is 13.5. The molecule has 30 heavy (non-hydrogen) atoms. The minimum absolute atomic E-state index is 0.171. The molecule has 1 amide bonds. The van der Waals surface area contributed by atoms with Crippen LogP contribution in [0, 0.1) is 0 Å². The molecule has 0 radical (unpaired) electrons. The van der Waals surface area contributed by atoms with E-state index < -0.39 is 0 Å². The van der Waals surface area contributed by atoms with E-state index in [1.54, 1.807) is 0 Å². The second-order valence-corrected chi connectivity index (χ2v) is 7.06. The van der Waals surface area contributed by atoms with Crippen molar-refractivity contribution >= 4 is 28.1 Å². The number of carbonyl (C=O) groups excluding carboxylic acids is 1. The second kappa shape index (κ2) is 10.6. The van der Waals surface area contributed by atoms with Crippen LogP contribution in [0.1, 0.15) is 19.4 Å². The molecular formula is C25H31N3O2. The summed E-state index contributed by atoms with van der Waals surface area (Å²) < 4.78 is 5.56. The lowest BCUT2D eigenvalue weighted by Gasteiger charge is -2.35. The predicted octanol–water partition coefficient (Wildman–Crippen LogP) is 4.19. The number of carbonyl (C=O) groups is 1. The summed E-state index contributed by atoms with van der Waals surface area (Å²) >= 11 is 0. The minimum Gasteiger partial charge on any atom is -0.378 e. The van der Waals surface area contributed by atoms with E-state index in [0.717, 1.165) is 30.0 Å². The topological polar surface area (TPSA) is 58.8 Å². The summed E-state index contributed by atoms with van der Waals surface area (Å²) in [5.74, 6) is -0.336. The summed E-state index contributed by atoms with van der Waals surface area (Å²) in [5.41, 5.74) is 8.94. The van der Waals surface area contributed by atoms with Crippen molar-refractivity contribution in [1.29, 1.82) is 0 Å². The fourth-order valence-corrected chi connectivity index (χ4v) is 3.84. The Kier molecular flexibility index (Phi) is 7.69. The fraction of sp³-hybridized carbons (Fsp3) is 0.320. The largest absolute Gasteiger partial charge is 0.378 e. The molecule has 1 heterocycles. The molecule has 1 aliphatic rings. The molecule has 3 aromatic carbocycles. The van der Waals surface area contributed by atoms with E-state index in [0.29, 0.717) is 19.8 Å². The molecule has 3 aromatic rings. The number of amides is 1. The van der Waals surface area contributed by atoms with Gasteiger partial charge < -0.3 is 20.3 Å². The summed E-state index contributed by atoms with van der Waals surface area (Å²) in [6, 6.07) is 22.8. The number of nitrogens with two attached hydrogens (primary N) is 1. The van der Waals surface area contributed by atoms with Crippen LogP contribution in [-0.4, -0.2) is 38.8 Å². The van der Waals surface area contributed by atoms with Crippen LogP contribution in [0.4, 0.5) is 11.4 Å². The Bertz CT molecular complexity index is 953. The molecule has 2 N–H and O–H groups in total. The van der Waals surface area contributed by atoms with Gasteiger partial charge in [0, 0.05) is 25.0 Å². The highest BCUT2D eigenvalue weighted by molar-refractivity contribution is 6.01. The van der Waals surface area contributed by atoms with Crippen LogP contribution in [0.15, 0.2) is 66.7 Å². The van der Waals surface area contributed by atoms with E-state index in [1.807, 2.05) is 32.0 Å². The van der Waals surface area contributed by atoms with Gasteiger partial charge in [-0.05, 0) is 17.0 Å². The summed E-state index contributed by atoms with van der Waals surface area (Å²) in [7, 11) is 0. The lowest BCUT2D eigenvalue weighted by atomic mass is 10.0. The van der Waals surface area contributed by atoms with E-state index in [4.69, 9.17) is 10.5 Å². The molecule has 1 fully saturated rings. The Balaban J connectivity index is 0.00000124. The maximum absolute atomic E-state index is 11.9. The van der Waals surface area contributed by atoms with Gasteiger partial charge in [-0.25, -0.2) is 0 Å². The van der Waals surface area contributed by atoms with Crippen molar-refractivity contribution < 1.29 is 9.53 Å². The van der Waals surface area contributed by atoms with Crippen molar-refractivity contribution in [2.24, 2.45) is 5.73 Å². The first-order chi connectivity index (χ1) is 14.7. The number of nitrogens with zero attached hydrogens (tertiary/aromatic N) is 2. The number of benzene rings is 3. The first-order valence-electron chi connectivity index (χ1n) is 10.6. The van der Waals surface area contributed by atoms with Crippen LogP contribution in [0.3, 0.4) is 0 Å². The molecule has 1 saturated heterocycles. The van der Waals surface area contributed by atoms with Crippen molar-refractivity contribution in [2.45, 2.75) is 20.4 Å². The van der Waals surface area contributed by atoms with Gasteiger partial charge in [-0.2, -0.15) is 0 Å². The van der Waals surface area contributed by atoms with Gasteiger partial charge in [-0.15, -0.1) is 0 Å². The Morgan fingerprint density at radius 2 is 1.63 bits per heavy atom. The van der Waals surface area contributed by atoms with Gasteiger partial charge in [-0.1, -0.05) is 74.5 Å². The zero-order chi connectivity index (χ0) is 21.3. The monoisotopic (exact) mass is 405 g/mol. The number of morpholine rings is 1. The molecule has 158 valence electrons. The fourth-order valence-electron chi connectivity index (χ4n) is 3.84. The molecule has 1 aliphatic heterocycles. The average molecular weight is 406 g/mol. The van der Waals surface area contributed by atoms with E-state index in [9.17, 15) is 4.79 Å². The lowest BCUT2D eigenvalue weighted by molar-refractivity contribution is -0.116. The number of anilines is 2. The smallest absolute Gasteiger partial charge is 0.236 e. The Hall–Kier alpha value is -3.05. The third kappa shape index (κ3) is 5.10. The van der Waals surface area contributed by atoms with Crippen LogP contribution in [0.25, 0.3) is 10.8 Å². The highest BCUT2D eigenvalue weighted by atomic mass is 16.5. The van der Waals surface area contributed by atoms with Crippen LogP contribution >= 0.6 is 0 Å². The lowest BCUT2D eigenvalue weighted by Crippen LogP contribution is -2.39. The van der Waals surface area contributed by atoms with Gasteiger partial charge in [0.05, 0.1) is 31.1 Å². The predicted molar refractivity (Wildman–Crippen MR) is 125 cm³/mol. The first-order valence-corrected chi connectivity index (χ1v) is 10.6. The third-order valence-electron chi connectivity index (χ3n) is 5.11. The summed E-state index contributed by atoms with van der Waals surface area (Å²) in [4.78, 5) is 16.3. The van der Waals surface area contributed by atoms with Crippen LogP contribution < -0.4 is 15.5 Å². The SMILES string of the molecule is CC.NC(=O)CN(Cc1ccccc1)c1ccc2ccccc2c1N1CCOCC1. The molecule has 0 unspecified atom stereocenters. The van der Waals surface area contributed by atoms with Crippen molar-refractivity contribution in [3.63, 3.8) is 0 Å². The van der Waals surface area contributed by atoms with Crippen molar-refractivity contribution in [3.8, 4) is 0 Å². The number of hydrogen-bond donors (Lipinski definition) is 1. The number of hydrogen-bond acceptors (Lipinski definition) is 4. The average Bonchev–Trinajstić information content (AvgIpc) is 2.80. The molecular weight excluding hydrogens is 374 g/mol. The molecule has 0 atom stereocenters. The highest BCUT2D eigenvalue weighted by Gasteiger charge is 2.22. The van der Waals surface area contributed by atoms with Gasteiger partial charge in [0.15, 0.2) is 0 Å².